The summed E-state index contributed by atoms with van der Waals surface area (Å²) in [6.07, 6.45) is 3.07. The summed E-state index contributed by atoms with van der Waals surface area (Å²) >= 11 is 0. The molecular weight excluding hydrogens is 250 g/mol. The lowest BCUT2D eigenvalue weighted by Crippen LogP contribution is -2.35. The van der Waals surface area contributed by atoms with E-state index in [1.807, 2.05) is 25.1 Å². The van der Waals surface area contributed by atoms with E-state index in [2.05, 4.69) is 22.5 Å². The number of carbonyl (C=O) groups excluding carboxylic acids is 1. The van der Waals surface area contributed by atoms with Crippen LogP contribution in [0, 0.1) is 18.8 Å². The normalized spacial score (nSPS) is 20.4. The molecule has 1 aromatic heterocycles. The lowest BCUT2D eigenvalue weighted by Gasteiger charge is -2.28. The zero-order valence-electron chi connectivity index (χ0n) is 12.5. The Morgan fingerprint density at radius 1 is 1.55 bits per heavy atom. The molecule has 1 saturated heterocycles. The van der Waals surface area contributed by atoms with Gasteiger partial charge in [0.2, 0.25) is 5.91 Å². The van der Waals surface area contributed by atoms with Gasteiger partial charge in [-0.3, -0.25) is 9.78 Å². The standard InChI is InChI=1S/C16H25N3O/c1-12(14-6-4-8-17-10-14)9-16(20)18-11-15-7-3-5-13(2)19-15/h3,5,7,12,14,17H,4,6,8-11H2,1-2H3,(H,18,20). The van der Waals surface area contributed by atoms with Gasteiger partial charge in [-0.1, -0.05) is 13.0 Å². The zero-order chi connectivity index (χ0) is 14.4. The molecule has 110 valence electrons. The maximum absolute atomic E-state index is 12.0. The molecule has 1 amide bonds. The number of aryl methyl sites for hydroxylation is 1. The monoisotopic (exact) mass is 275 g/mol. The first-order valence-electron chi connectivity index (χ1n) is 7.55. The molecule has 0 spiro atoms. The van der Waals surface area contributed by atoms with Crippen molar-refractivity contribution in [3.8, 4) is 0 Å². The van der Waals surface area contributed by atoms with Crippen LogP contribution in [0.5, 0.6) is 0 Å². The molecule has 0 aliphatic carbocycles. The number of nitrogens with one attached hydrogen (secondary N) is 2. The smallest absolute Gasteiger partial charge is 0.220 e. The quantitative estimate of drug-likeness (QED) is 0.864. The summed E-state index contributed by atoms with van der Waals surface area (Å²) in [5.74, 6) is 1.20. The molecule has 0 bridgehead atoms. The summed E-state index contributed by atoms with van der Waals surface area (Å²) in [5, 5.41) is 6.39. The van der Waals surface area contributed by atoms with Gasteiger partial charge in [-0.2, -0.15) is 0 Å². The van der Waals surface area contributed by atoms with E-state index in [4.69, 9.17) is 0 Å². The minimum Gasteiger partial charge on any atom is -0.350 e. The number of amides is 1. The number of rotatable bonds is 5. The summed E-state index contributed by atoms with van der Waals surface area (Å²) in [5.41, 5.74) is 1.91. The highest BCUT2D eigenvalue weighted by molar-refractivity contribution is 5.76. The topological polar surface area (TPSA) is 54.0 Å². The van der Waals surface area contributed by atoms with Crippen molar-refractivity contribution >= 4 is 5.91 Å². The van der Waals surface area contributed by atoms with Crippen LogP contribution in [0.1, 0.15) is 37.6 Å². The predicted molar refractivity (Wildman–Crippen MR) is 80.2 cm³/mol. The summed E-state index contributed by atoms with van der Waals surface area (Å²) < 4.78 is 0. The van der Waals surface area contributed by atoms with E-state index in [1.54, 1.807) is 0 Å². The van der Waals surface area contributed by atoms with E-state index >= 15 is 0 Å². The Morgan fingerprint density at radius 3 is 3.10 bits per heavy atom. The van der Waals surface area contributed by atoms with Gasteiger partial charge in [0.25, 0.3) is 0 Å². The fourth-order valence-corrected chi connectivity index (χ4v) is 2.78. The molecule has 1 aromatic rings. The third-order valence-corrected chi connectivity index (χ3v) is 4.06. The van der Waals surface area contributed by atoms with Crippen LogP contribution in [-0.4, -0.2) is 24.0 Å². The fraction of sp³-hybridized carbons (Fsp3) is 0.625. The van der Waals surface area contributed by atoms with Gasteiger partial charge in [-0.15, -0.1) is 0 Å². The fourth-order valence-electron chi connectivity index (χ4n) is 2.78. The maximum Gasteiger partial charge on any atom is 0.220 e. The van der Waals surface area contributed by atoms with E-state index in [0.29, 0.717) is 24.8 Å². The van der Waals surface area contributed by atoms with Crippen molar-refractivity contribution in [2.75, 3.05) is 13.1 Å². The number of hydrogen-bond acceptors (Lipinski definition) is 3. The molecule has 2 unspecified atom stereocenters. The molecule has 1 fully saturated rings. The van der Waals surface area contributed by atoms with E-state index in [0.717, 1.165) is 24.5 Å². The third kappa shape index (κ3) is 4.60. The molecule has 0 radical (unpaired) electrons. The van der Waals surface area contributed by atoms with Crippen molar-refractivity contribution in [2.24, 2.45) is 11.8 Å². The van der Waals surface area contributed by atoms with Crippen molar-refractivity contribution < 1.29 is 4.79 Å². The van der Waals surface area contributed by atoms with Gasteiger partial charge in [0.1, 0.15) is 0 Å². The van der Waals surface area contributed by atoms with Crippen LogP contribution < -0.4 is 10.6 Å². The minimum absolute atomic E-state index is 0.131. The third-order valence-electron chi connectivity index (χ3n) is 4.06. The number of aromatic nitrogens is 1. The highest BCUT2D eigenvalue weighted by atomic mass is 16.1. The van der Waals surface area contributed by atoms with E-state index in [-0.39, 0.29) is 5.91 Å². The number of nitrogens with zero attached hydrogens (tertiary/aromatic N) is 1. The van der Waals surface area contributed by atoms with Crippen molar-refractivity contribution in [2.45, 2.75) is 39.7 Å². The average molecular weight is 275 g/mol. The average Bonchev–Trinajstić information content (AvgIpc) is 2.46. The van der Waals surface area contributed by atoms with Gasteiger partial charge in [0.05, 0.1) is 12.2 Å². The molecule has 1 aliphatic heterocycles. The van der Waals surface area contributed by atoms with Crippen LogP contribution >= 0.6 is 0 Å². The molecule has 2 heterocycles. The Balaban J connectivity index is 1.74. The lowest BCUT2D eigenvalue weighted by atomic mass is 9.85. The van der Waals surface area contributed by atoms with Gasteiger partial charge < -0.3 is 10.6 Å². The Bertz CT molecular complexity index is 441. The Morgan fingerprint density at radius 2 is 2.40 bits per heavy atom. The van der Waals surface area contributed by atoms with Crippen LogP contribution in [0.15, 0.2) is 18.2 Å². The largest absolute Gasteiger partial charge is 0.350 e. The highest BCUT2D eigenvalue weighted by Gasteiger charge is 2.21. The van der Waals surface area contributed by atoms with Crippen LogP contribution in [0.4, 0.5) is 0 Å². The van der Waals surface area contributed by atoms with Crippen molar-refractivity contribution in [1.82, 2.24) is 15.6 Å². The SMILES string of the molecule is Cc1cccc(CNC(=O)CC(C)C2CCCNC2)n1. The summed E-state index contributed by atoms with van der Waals surface area (Å²) in [6, 6.07) is 5.88. The highest BCUT2D eigenvalue weighted by Crippen LogP contribution is 2.22. The first-order chi connectivity index (χ1) is 9.65. The molecular formula is C16H25N3O. The number of carbonyl (C=O) groups is 1. The molecule has 4 heteroatoms. The van der Waals surface area contributed by atoms with Gasteiger partial charge in [0, 0.05) is 12.1 Å². The molecule has 20 heavy (non-hydrogen) atoms. The van der Waals surface area contributed by atoms with Crippen molar-refractivity contribution in [3.63, 3.8) is 0 Å². The van der Waals surface area contributed by atoms with Crippen molar-refractivity contribution in [1.29, 1.82) is 0 Å². The van der Waals surface area contributed by atoms with Crippen LogP contribution in [0.3, 0.4) is 0 Å². The van der Waals surface area contributed by atoms with Crippen LogP contribution in [0.25, 0.3) is 0 Å². The molecule has 0 aromatic carbocycles. The number of hydrogen-bond donors (Lipinski definition) is 2. The summed E-state index contributed by atoms with van der Waals surface area (Å²) in [4.78, 5) is 16.4. The Kier molecular flexibility index (Phi) is 5.53. The molecule has 2 rings (SSSR count). The second kappa shape index (κ2) is 7.39. The van der Waals surface area contributed by atoms with E-state index in [1.165, 1.54) is 12.8 Å². The first-order valence-corrected chi connectivity index (χ1v) is 7.55. The van der Waals surface area contributed by atoms with Gasteiger partial charge >= 0.3 is 0 Å². The second-order valence-electron chi connectivity index (χ2n) is 5.83. The van der Waals surface area contributed by atoms with E-state index < -0.39 is 0 Å². The number of piperidine rings is 1. The predicted octanol–water partition coefficient (Wildman–Crippen LogP) is 2.03. The molecule has 2 atom stereocenters. The minimum atomic E-state index is 0.131. The van der Waals surface area contributed by atoms with E-state index in [9.17, 15) is 4.79 Å². The summed E-state index contributed by atoms with van der Waals surface area (Å²) in [6.45, 7) is 6.84. The lowest BCUT2D eigenvalue weighted by molar-refractivity contribution is -0.122. The first kappa shape index (κ1) is 15.0. The molecule has 4 nitrogen and oxygen atoms in total. The molecule has 1 aliphatic rings. The van der Waals surface area contributed by atoms with Gasteiger partial charge in [0.15, 0.2) is 0 Å². The van der Waals surface area contributed by atoms with Gasteiger partial charge in [-0.25, -0.2) is 0 Å². The molecule has 0 saturated carbocycles. The van der Waals surface area contributed by atoms with Crippen LogP contribution in [0.2, 0.25) is 0 Å². The number of pyridine rings is 1. The second-order valence-corrected chi connectivity index (χ2v) is 5.83. The van der Waals surface area contributed by atoms with Crippen LogP contribution in [-0.2, 0) is 11.3 Å². The summed E-state index contributed by atoms with van der Waals surface area (Å²) in [7, 11) is 0. The zero-order valence-corrected chi connectivity index (χ0v) is 12.5. The molecule has 2 N–H and O–H groups in total. The Hall–Kier alpha value is -1.42. The van der Waals surface area contributed by atoms with Crippen molar-refractivity contribution in [3.05, 3.63) is 29.6 Å². The Labute approximate surface area is 121 Å². The van der Waals surface area contributed by atoms with Gasteiger partial charge in [-0.05, 0) is 56.8 Å². The maximum atomic E-state index is 12.0.